The molecule has 0 atom stereocenters. The molecule has 12 heteroatoms. The van der Waals surface area contributed by atoms with E-state index in [0.29, 0.717) is 32.2 Å². The van der Waals surface area contributed by atoms with Crippen LogP contribution in [0.15, 0.2) is 60.7 Å². The molecule has 0 spiro atoms. The molecular formula is C27H24F3N5O3S. The van der Waals surface area contributed by atoms with Gasteiger partial charge in [-0.25, -0.2) is 9.78 Å². The summed E-state index contributed by atoms with van der Waals surface area (Å²) in [4.78, 5) is 42.0. The zero-order chi connectivity index (χ0) is 28.3. The van der Waals surface area contributed by atoms with E-state index >= 15 is 0 Å². The molecule has 4 aromatic rings. The fraction of sp³-hybridized carbons (Fsp3) is 0.185. The Balaban J connectivity index is 1.48. The third-order valence-corrected chi connectivity index (χ3v) is 6.42. The maximum Gasteiger partial charge on any atom is 0.416 e. The van der Waals surface area contributed by atoms with Crippen LogP contribution in [0.5, 0.6) is 0 Å². The molecule has 39 heavy (non-hydrogen) atoms. The first-order valence-electron chi connectivity index (χ1n) is 11.8. The first kappa shape index (κ1) is 27.6. The van der Waals surface area contributed by atoms with Crippen molar-refractivity contribution < 1.29 is 27.6 Å². The number of hydrogen-bond acceptors (Lipinski definition) is 5. The molecule has 4 rings (SSSR count). The first-order valence-corrected chi connectivity index (χ1v) is 12.6. The maximum atomic E-state index is 13.0. The number of aromatic nitrogens is 1. The predicted octanol–water partition coefficient (Wildman–Crippen LogP) is 6.66. The van der Waals surface area contributed by atoms with Gasteiger partial charge in [-0.2, -0.15) is 13.2 Å². The number of nitrogens with zero attached hydrogens (tertiary/aromatic N) is 1. The number of nitrogens with one attached hydrogen (secondary N) is 4. The largest absolute Gasteiger partial charge is 0.416 e. The lowest BCUT2D eigenvalue weighted by Gasteiger charge is -2.12. The van der Waals surface area contributed by atoms with Gasteiger partial charge in [-0.3, -0.25) is 14.9 Å². The summed E-state index contributed by atoms with van der Waals surface area (Å²) in [5.74, 6) is -1.06. The molecule has 202 valence electrons. The van der Waals surface area contributed by atoms with Gasteiger partial charge in [-0.15, -0.1) is 0 Å². The van der Waals surface area contributed by atoms with E-state index in [1.54, 1.807) is 31.2 Å². The molecule has 3 aromatic carbocycles. The molecule has 0 fully saturated rings. The maximum absolute atomic E-state index is 13.0. The normalized spacial score (nSPS) is 11.4. The van der Waals surface area contributed by atoms with E-state index < -0.39 is 23.6 Å². The van der Waals surface area contributed by atoms with E-state index in [-0.39, 0.29) is 23.3 Å². The van der Waals surface area contributed by atoms with Gasteiger partial charge in [0.1, 0.15) is 0 Å². The number of thiazole rings is 1. The summed E-state index contributed by atoms with van der Waals surface area (Å²) in [6.45, 7) is 5.42. The van der Waals surface area contributed by atoms with Crippen LogP contribution in [-0.2, 0) is 6.18 Å². The summed E-state index contributed by atoms with van der Waals surface area (Å²) >= 11 is 1.22. The Morgan fingerprint density at radius 3 is 2.28 bits per heavy atom. The minimum atomic E-state index is -4.54. The second-order valence-electron chi connectivity index (χ2n) is 8.97. The number of halogens is 3. The summed E-state index contributed by atoms with van der Waals surface area (Å²) in [6.07, 6.45) is -4.54. The zero-order valence-corrected chi connectivity index (χ0v) is 21.9. The van der Waals surface area contributed by atoms with Crippen LogP contribution in [0.3, 0.4) is 0 Å². The van der Waals surface area contributed by atoms with E-state index in [9.17, 15) is 27.6 Å². The summed E-state index contributed by atoms with van der Waals surface area (Å²) in [5.41, 5.74) is 1.27. The number of carbonyl (C=O) groups excluding carboxylic acids is 3. The molecule has 0 aliphatic carbocycles. The quantitative estimate of drug-likeness (QED) is 0.213. The summed E-state index contributed by atoms with van der Waals surface area (Å²) < 4.78 is 39.7. The minimum Gasteiger partial charge on any atom is -0.336 e. The standard InChI is InChI=1S/C27H24F3N5O3S/c1-14(2)31-25(38)35-26-34-20-10-9-17(12-22(20)39-26)24(37)33-21-11-16(8-7-15(21)3)23(36)32-19-6-4-5-18(13-19)27(28,29)30/h4-14H,1-3H3,(H,32,36)(H,33,37)(H2,31,34,35,38). The molecule has 0 radical (unpaired) electrons. The van der Waals surface area contributed by atoms with Crippen molar-refractivity contribution in [3.8, 4) is 0 Å². The van der Waals surface area contributed by atoms with Crippen LogP contribution in [0.2, 0.25) is 0 Å². The van der Waals surface area contributed by atoms with Crippen LogP contribution in [0, 0.1) is 6.92 Å². The number of fused-ring (bicyclic) bond motifs is 1. The van der Waals surface area contributed by atoms with Crippen LogP contribution in [0.4, 0.5) is 34.5 Å². The molecule has 0 aliphatic rings. The van der Waals surface area contributed by atoms with E-state index in [4.69, 9.17) is 0 Å². The van der Waals surface area contributed by atoms with E-state index in [1.165, 1.54) is 35.6 Å². The van der Waals surface area contributed by atoms with Crippen molar-refractivity contribution in [3.63, 3.8) is 0 Å². The van der Waals surface area contributed by atoms with Crippen molar-refractivity contribution in [2.45, 2.75) is 33.0 Å². The highest BCUT2D eigenvalue weighted by Gasteiger charge is 2.30. The average molecular weight is 556 g/mol. The first-order chi connectivity index (χ1) is 18.4. The number of anilines is 3. The molecule has 0 bridgehead atoms. The highest BCUT2D eigenvalue weighted by molar-refractivity contribution is 7.22. The summed E-state index contributed by atoms with van der Waals surface area (Å²) in [7, 11) is 0. The van der Waals surface area contributed by atoms with Gasteiger partial charge in [-0.1, -0.05) is 23.5 Å². The van der Waals surface area contributed by atoms with Crippen molar-refractivity contribution in [2.24, 2.45) is 0 Å². The Kier molecular flexibility index (Phi) is 7.86. The van der Waals surface area contributed by atoms with Crippen LogP contribution in [-0.4, -0.2) is 28.9 Å². The predicted molar refractivity (Wildman–Crippen MR) is 145 cm³/mol. The SMILES string of the molecule is Cc1ccc(C(=O)Nc2cccc(C(F)(F)F)c2)cc1NC(=O)c1ccc2nc(NC(=O)NC(C)C)sc2c1. The number of alkyl halides is 3. The lowest BCUT2D eigenvalue weighted by atomic mass is 10.1. The van der Waals surface area contributed by atoms with Crippen molar-refractivity contribution in [1.29, 1.82) is 0 Å². The lowest BCUT2D eigenvalue weighted by Crippen LogP contribution is -2.34. The van der Waals surface area contributed by atoms with Gasteiger partial charge in [0.2, 0.25) is 0 Å². The Labute approximate surface area is 225 Å². The Morgan fingerprint density at radius 2 is 1.56 bits per heavy atom. The molecule has 1 heterocycles. The van der Waals surface area contributed by atoms with Crippen LogP contribution >= 0.6 is 11.3 Å². The number of hydrogen-bond donors (Lipinski definition) is 4. The lowest BCUT2D eigenvalue weighted by molar-refractivity contribution is -0.137. The minimum absolute atomic E-state index is 0.00519. The monoisotopic (exact) mass is 555 g/mol. The molecule has 0 aliphatic heterocycles. The zero-order valence-electron chi connectivity index (χ0n) is 21.1. The molecule has 4 N–H and O–H groups in total. The number of benzene rings is 3. The van der Waals surface area contributed by atoms with Crippen molar-refractivity contribution in [2.75, 3.05) is 16.0 Å². The topological polar surface area (TPSA) is 112 Å². The van der Waals surface area contributed by atoms with Gasteiger partial charge in [0.05, 0.1) is 15.8 Å². The van der Waals surface area contributed by atoms with Crippen LogP contribution in [0.1, 0.15) is 45.7 Å². The average Bonchev–Trinajstić information content (AvgIpc) is 3.25. The van der Waals surface area contributed by atoms with Crippen molar-refractivity contribution in [3.05, 3.63) is 82.9 Å². The van der Waals surface area contributed by atoms with Gasteiger partial charge >= 0.3 is 12.2 Å². The number of amides is 4. The molecule has 8 nitrogen and oxygen atoms in total. The van der Waals surface area contributed by atoms with E-state index in [1.807, 2.05) is 13.8 Å². The van der Waals surface area contributed by atoms with Gasteiger partial charge in [0, 0.05) is 28.5 Å². The van der Waals surface area contributed by atoms with Gasteiger partial charge < -0.3 is 16.0 Å². The molecule has 0 saturated heterocycles. The van der Waals surface area contributed by atoms with Crippen molar-refractivity contribution in [1.82, 2.24) is 10.3 Å². The molecule has 1 aromatic heterocycles. The van der Waals surface area contributed by atoms with Gasteiger partial charge in [0.15, 0.2) is 5.13 Å². The molecule has 4 amide bonds. The van der Waals surface area contributed by atoms with Crippen LogP contribution in [0.25, 0.3) is 10.2 Å². The second kappa shape index (κ2) is 11.1. The number of carbonyl (C=O) groups is 3. The fourth-order valence-corrected chi connectivity index (χ4v) is 4.48. The molecule has 0 saturated carbocycles. The summed E-state index contributed by atoms with van der Waals surface area (Å²) in [6, 6.07) is 13.4. The number of rotatable bonds is 6. The fourth-order valence-electron chi connectivity index (χ4n) is 3.58. The molecule has 0 unspecified atom stereocenters. The van der Waals surface area contributed by atoms with Crippen molar-refractivity contribution >= 4 is 55.9 Å². The number of aryl methyl sites for hydroxylation is 1. The van der Waals surface area contributed by atoms with Gasteiger partial charge in [-0.05, 0) is 74.9 Å². The van der Waals surface area contributed by atoms with Gasteiger partial charge in [0.25, 0.3) is 11.8 Å². The molecular weight excluding hydrogens is 531 g/mol. The third kappa shape index (κ3) is 6.90. The Hall–Kier alpha value is -4.45. The second-order valence-corrected chi connectivity index (χ2v) is 10.0. The third-order valence-electron chi connectivity index (χ3n) is 5.49. The number of urea groups is 1. The van der Waals surface area contributed by atoms with E-state index in [0.717, 1.165) is 12.1 Å². The van der Waals surface area contributed by atoms with Crippen LogP contribution < -0.4 is 21.3 Å². The summed E-state index contributed by atoms with van der Waals surface area (Å²) in [5, 5.41) is 11.0. The Bertz CT molecular complexity index is 1570. The highest BCUT2D eigenvalue weighted by atomic mass is 32.1. The van der Waals surface area contributed by atoms with E-state index in [2.05, 4.69) is 26.3 Å². The highest BCUT2D eigenvalue weighted by Crippen LogP contribution is 2.31. The smallest absolute Gasteiger partial charge is 0.336 e. The Morgan fingerprint density at radius 1 is 0.872 bits per heavy atom.